The molecule has 3 aromatic rings. The van der Waals surface area contributed by atoms with E-state index in [1.165, 1.54) is 11.8 Å². The monoisotopic (exact) mass is 398 g/mol. The molecule has 1 atom stereocenters. The molecule has 136 valence electrons. The quantitative estimate of drug-likeness (QED) is 0.436. The fourth-order valence-electron chi connectivity index (χ4n) is 2.58. The van der Waals surface area contributed by atoms with Crippen molar-refractivity contribution >= 4 is 34.3 Å². The second kappa shape index (κ2) is 8.77. The van der Waals surface area contributed by atoms with Gasteiger partial charge in [-0.05, 0) is 36.8 Å². The zero-order chi connectivity index (χ0) is 19.2. The summed E-state index contributed by atoms with van der Waals surface area (Å²) in [5.41, 5.74) is 0.317. The Balaban J connectivity index is 1.99. The third-order valence-corrected chi connectivity index (χ3v) is 5.35. The molecule has 0 radical (unpaired) electrons. The van der Waals surface area contributed by atoms with Gasteiger partial charge in [0.25, 0.3) is 5.56 Å². The van der Waals surface area contributed by atoms with Crippen LogP contribution in [0.5, 0.6) is 0 Å². The number of thioether (sulfide) groups is 1. The summed E-state index contributed by atoms with van der Waals surface area (Å²) >= 11 is 7.36. The van der Waals surface area contributed by atoms with Gasteiger partial charge in [-0.15, -0.1) is 0 Å². The second-order valence-corrected chi connectivity index (χ2v) is 7.28. The van der Waals surface area contributed by atoms with Crippen molar-refractivity contribution < 1.29 is 4.42 Å². The smallest absolute Gasteiger partial charge is 0.262 e. The predicted molar refractivity (Wildman–Crippen MR) is 103 cm³/mol. The summed E-state index contributed by atoms with van der Waals surface area (Å²) in [7, 11) is 0. The minimum absolute atomic E-state index is 0.193. The molecule has 0 saturated heterocycles. The van der Waals surface area contributed by atoms with Gasteiger partial charge in [0.05, 0.1) is 41.8 Å². The first-order chi connectivity index (χ1) is 13.1. The summed E-state index contributed by atoms with van der Waals surface area (Å²) < 4.78 is 6.91. The molecule has 0 spiro atoms. The van der Waals surface area contributed by atoms with Crippen LogP contribution in [0.3, 0.4) is 0 Å². The van der Waals surface area contributed by atoms with E-state index in [1.54, 1.807) is 41.2 Å². The van der Waals surface area contributed by atoms with Gasteiger partial charge >= 0.3 is 0 Å². The van der Waals surface area contributed by atoms with E-state index in [-0.39, 0.29) is 18.0 Å². The molecule has 2 heterocycles. The van der Waals surface area contributed by atoms with Gasteiger partial charge in [-0.3, -0.25) is 9.36 Å². The Kier molecular flexibility index (Phi) is 6.18. The van der Waals surface area contributed by atoms with Crippen molar-refractivity contribution in [2.24, 2.45) is 5.92 Å². The molecule has 0 amide bonds. The van der Waals surface area contributed by atoms with Gasteiger partial charge in [0, 0.05) is 17.2 Å². The first-order valence-corrected chi connectivity index (χ1v) is 9.60. The van der Waals surface area contributed by atoms with Gasteiger partial charge in [0.2, 0.25) is 0 Å². The Morgan fingerprint density at radius 3 is 2.89 bits per heavy atom. The average molecular weight is 399 g/mol. The van der Waals surface area contributed by atoms with Crippen molar-refractivity contribution in [2.75, 3.05) is 5.75 Å². The summed E-state index contributed by atoms with van der Waals surface area (Å²) in [5.74, 6) is 0.781. The molecular weight excluding hydrogens is 384 g/mol. The van der Waals surface area contributed by atoms with E-state index < -0.39 is 0 Å². The Labute approximate surface area is 165 Å². The van der Waals surface area contributed by atoms with Crippen molar-refractivity contribution in [3.8, 4) is 12.1 Å². The van der Waals surface area contributed by atoms with Crippen LogP contribution in [-0.2, 0) is 6.54 Å². The molecule has 1 aromatic carbocycles. The molecule has 0 aliphatic carbocycles. The van der Waals surface area contributed by atoms with E-state index in [1.807, 2.05) is 0 Å². The van der Waals surface area contributed by atoms with Crippen LogP contribution >= 0.6 is 23.4 Å². The highest BCUT2D eigenvalue weighted by Gasteiger charge is 2.16. The number of fused-ring (bicyclic) bond motifs is 1. The van der Waals surface area contributed by atoms with Gasteiger partial charge in [0.1, 0.15) is 5.76 Å². The molecule has 0 aliphatic rings. The van der Waals surface area contributed by atoms with Gasteiger partial charge in [-0.25, -0.2) is 4.98 Å². The van der Waals surface area contributed by atoms with Crippen LogP contribution in [0.1, 0.15) is 18.6 Å². The molecule has 0 fully saturated rings. The van der Waals surface area contributed by atoms with Crippen LogP contribution < -0.4 is 5.56 Å². The third kappa shape index (κ3) is 4.51. The summed E-state index contributed by atoms with van der Waals surface area (Å²) in [6.07, 6.45) is 2.36. The molecular formula is C19H15ClN4O2S. The Bertz CT molecular complexity index is 1080. The molecule has 0 N–H and O–H groups in total. The number of hydrogen-bond acceptors (Lipinski definition) is 6. The molecule has 2 aromatic heterocycles. The first-order valence-electron chi connectivity index (χ1n) is 8.24. The largest absolute Gasteiger partial charge is 0.467 e. The van der Waals surface area contributed by atoms with E-state index in [0.29, 0.717) is 45.4 Å². The second-order valence-electron chi connectivity index (χ2n) is 5.86. The lowest BCUT2D eigenvalue weighted by molar-refractivity contribution is 0.476. The topological polar surface area (TPSA) is 95.6 Å². The van der Waals surface area contributed by atoms with Gasteiger partial charge in [0.15, 0.2) is 5.16 Å². The molecule has 0 saturated carbocycles. The highest BCUT2D eigenvalue weighted by atomic mass is 35.5. The van der Waals surface area contributed by atoms with Crippen molar-refractivity contribution in [1.29, 1.82) is 10.5 Å². The maximum atomic E-state index is 13.0. The van der Waals surface area contributed by atoms with Crippen LogP contribution in [0.4, 0.5) is 0 Å². The number of aromatic nitrogens is 2. The van der Waals surface area contributed by atoms with Crippen molar-refractivity contribution in [2.45, 2.75) is 24.5 Å². The van der Waals surface area contributed by atoms with E-state index in [2.05, 4.69) is 17.1 Å². The number of nitriles is 2. The van der Waals surface area contributed by atoms with E-state index in [4.69, 9.17) is 21.3 Å². The lowest BCUT2D eigenvalue weighted by Gasteiger charge is -2.13. The number of benzene rings is 1. The number of halogens is 1. The SMILES string of the molecule is N#CCC[C@@H](C#N)CSc1nc2cc(Cl)ccc2c(=O)n1Cc1ccco1. The van der Waals surface area contributed by atoms with Crippen LogP contribution in [0, 0.1) is 28.6 Å². The minimum atomic E-state index is -0.293. The zero-order valence-electron chi connectivity index (χ0n) is 14.3. The van der Waals surface area contributed by atoms with Crippen LogP contribution in [-0.4, -0.2) is 15.3 Å². The summed E-state index contributed by atoms with van der Waals surface area (Å²) in [4.78, 5) is 17.6. The number of nitrogens with zero attached hydrogens (tertiary/aromatic N) is 4. The van der Waals surface area contributed by atoms with Crippen molar-refractivity contribution in [3.05, 3.63) is 57.7 Å². The highest BCUT2D eigenvalue weighted by Crippen LogP contribution is 2.24. The summed E-state index contributed by atoms with van der Waals surface area (Å²) in [6, 6.07) is 12.8. The maximum absolute atomic E-state index is 13.0. The molecule has 0 unspecified atom stereocenters. The molecule has 6 nitrogen and oxygen atoms in total. The molecule has 0 aliphatic heterocycles. The van der Waals surface area contributed by atoms with E-state index >= 15 is 0 Å². The van der Waals surface area contributed by atoms with Gasteiger partial charge in [-0.2, -0.15) is 10.5 Å². The lowest BCUT2D eigenvalue weighted by atomic mass is 10.1. The molecule has 3 rings (SSSR count). The summed E-state index contributed by atoms with van der Waals surface area (Å²) in [5, 5.41) is 19.5. The summed E-state index contributed by atoms with van der Waals surface area (Å²) in [6.45, 7) is 0.245. The lowest BCUT2D eigenvalue weighted by Crippen LogP contribution is -2.24. The average Bonchev–Trinajstić information content (AvgIpc) is 3.17. The van der Waals surface area contributed by atoms with E-state index in [9.17, 15) is 10.1 Å². The minimum Gasteiger partial charge on any atom is -0.467 e. The first kappa shape index (κ1) is 19.0. The Hall–Kier alpha value is -2.74. The Morgan fingerprint density at radius 1 is 1.33 bits per heavy atom. The normalized spacial score (nSPS) is 11.8. The van der Waals surface area contributed by atoms with Gasteiger partial charge in [-0.1, -0.05) is 23.4 Å². The molecule has 27 heavy (non-hydrogen) atoms. The Morgan fingerprint density at radius 2 is 2.19 bits per heavy atom. The third-order valence-electron chi connectivity index (χ3n) is 3.98. The maximum Gasteiger partial charge on any atom is 0.262 e. The van der Waals surface area contributed by atoms with Gasteiger partial charge < -0.3 is 4.42 Å². The number of furan rings is 1. The van der Waals surface area contributed by atoms with Crippen molar-refractivity contribution in [1.82, 2.24) is 9.55 Å². The fraction of sp³-hybridized carbons (Fsp3) is 0.263. The number of hydrogen-bond donors (Lipinski definition) is 0. The molecule has 8 heteroatoms. The highest BCUT2D eigenvalue weighted by molar-refractivity contribution is 7.99. The molecule has 0 bridgehead atoms. The fourth-order valence-corrected chi connectivity index (χ4v) is 3.80. The van der Waals surface area contributed by atoms with Crippen LogP contribution in [0.2, 0.25) is 5.02 Å². The van der Waals surface area contributed by atoms with E-state index in [0.717, 1.165) is 0 Å². The van der Waals surface area contributed by atoms with Crippen LogP contribution in [0.25, 0.3) is 10.9 Å². The van der Waals surface area contributed by atoms with Crippen LogP contribution in [0.15, 0.2) is 51.0 Å². The number of rotatable bonds is 7. The standard InChI is InChI=1S/C19H15ClN4O2S/c20-14-5-6-16-17(9-14)23-19(27-12-13(10-22)3-1-7-21)24(18(16)25)11-15-4-2-8-26-15/h2,4-6,8-9,13H,1,3,11-12H2/t13-/m0/s1. The van der Waals surface area contributed by atoms with Crippen molar-refractivity contribution in [3.63, 3.8) is 0 Å². The zero-order valence-corrected chi connectivity index (χ0v) is 15.8. The predicted octanol–water partition coefficient (Wildman–Crippen LogP) is 4.23.